The molecule has 1 aromatic heterocycles. The smallest absolute Gasteiger partial charge is 0.244 e. The number of hydrogen-bond acceptors (Lipinski definition) is 2. The summed E-state index contributed by atoms with van der Waals surface area (Å²) in [6.45, 7) is 0. The van der Waals surface area contributed by atoms with E-state index in [1.807, 2.05) is 0 Å². The lowest BCUT2D eigenvalue weighted by molar-refractivity contribution is -0.142. The molecule has 0 bridgehead atoms. The van der Waals surface area contributed by atoms with E-state index in [4.69, 9.17) is 0 Å². The molecule has 0 radical (unpaired) electrons. The molecule has 0 saturated carbocycles. The Hall–Kier alpha value is -1.31. The molecule has 0 N–H and O–H groups in total. The third-order valence-electron chi connectivity index (χ3n) is 2.07. The number of fused-ring (bicyclic) bond motifs is 1. The molecule has 0 amide bonds. The Kier molecular flexibility index (Phi) is 2.57. The van der Waals surface area contributed by atoms with Crippen LogP contribution >= 0.6 is 11.3 Å². The van der Waals surface area contributed by atoms with E-state index >= 15 is 0 Å². The van der Waals surface area contributed by atoms with Gasteiger partial charge in [0.1, 0.15) is 0 Å². The molecule has 0 aliphatic heterocycles. The summed E-state index contributed by atoms with van der Waals surface area (Å²) in [5, 5.41) is 0. The number of benzene rings is 1. The van der Waals surface area contributed by atoms with Crippen LogP contribution in [0.1, 0.15) is 11.1 Å². The van der Waals surface area contributed by atoms with Gasteiger partial charge >= 0.3 is 12.4 Å². The van der Waals surface area contributed by atoms with E-state index in [-0.39, 0.29) is 10.8 Å². The first-order valence-electron chi connectivity index (χ1n) is 4.21. The highest BCUT2D eigenvalue weighted by Gasteiger charge is 2.38. The molecule has 0 fully saturated rings. The quantitative estimate of drug-likeness (QED) is 0.650. The molecule has 8 heteroatoms. The number of aromatic nitrogens is 1. The average molecular weight is 271 g/mol. The van der Waals surface area contributed by atoms with Crippen molar-refractivity contribution in [3.05, 3.63) is 28.8 Å². The molecule has 0 unspecified atom stereocenters. The van der Waals surface area contributed by atoms with Gasteiger partial charge in [-0.05, 0) is 12.1 Å². The minimum atomic E-state index is -4.85. The van der Waals surface area contributed by atoms with Crippen molar-refractivity contribution < 1.29 is 26.3 Å². The number of alkyl halides is 6. The lowest BCUT2D eigenvalue weighted by Crippen LogP contribution is -2.11. The standard InChI is InChI=1S/C9H3F6NS/c10-8(11,12)4-1-5(9(13,14)15)7-6(2-4)17-3-16-7/h1-3H. The molecule has 0 aliphatic carbocycles. The summed E-state index contributed by atoms with van der Waals surface area (Å²) in [7, 11) is 0. The number of halogens is 6. The van der Waals surface area contributed by atoms with Crippen molar-refractivity contribution in [1.29, 1.82) is 0 Å². The summed E-state index contributed by atoms with van der Waals surface area (Å²) in [5.41, 5.74) is -2.04. The third-order valence-corrected chi connectivity index (χ3v) is 2.85. The monoisotopic (exact) mass is 271 g/mol. The van der Waals surface area contributed by atoms with Crippen molar-refractivity contribution in [3.63, 3.8) is 0 Å². The summed E-state index contributed by atoms with van der Waals surface area (Å²) in [6.07, 6.45) is -9.66. The molecule has 0 atom stereocenters. The Morgan fingerprint density at radius 2 is 1.59 bits per heavy atom. The van der Waals surface area contributed by atoms with Crippen LogP contribution in [0.4, 0.5) is 26.3 Å². The lowest BCUT2D eigenvalue weighted by atomic mass is 10.1. The Labute approximate surface area is 94.7 Å². The van der Waals surface area contributed by atoms with Gasteiger partial charge in [-0.2, -0.15) is 26.3 Å². The van der Waals surface area contributed by atoms with Crippen molar-refractivity contribution in [2.24, 2.45) is 0 Å². The fourth-order valence-corrected chi connectivity index (χ4v) is 2.09. The van der Waals surface area contributed by atoms with Gasteiger partial charge in [-0.25, -0.2) is 4.98 Å². The van der Waals surface area contributed by atoms with Gasteiger partial charge < -0.3 is 0 Å². The summed E-state index contributed by atoms with van der Waals surface area (Å²) in [5.74, 6) is 0. The van der Waals surface area contributed by atoms with E-state index in [1.54, 1.807) is 0 Å². The molecule has 1 nitrogen and oxygen atoms in total. The van der Waals surface area contributed by atoms with Gasteiger partial charge in [0.15, 0.2) is 0 Å². The average Bonchev–Trinajstić information content (AvgIpc) is 2.59. The maximum Gasteiger partial charge on any atom is 0.418 e. The zero-order chi connectivity index (χ0) is 12.8. The molecule has 2 rings (SSSR count). The highest BCUT2D eigenvalue weighted by Crippen LogP contribution is 2.40. The summed E-state index contributed by atoms with van der Waals surface area (Å²) in [4.78, 5) is 3.44. The van der Waals surface area contributed by atoms with Crippen LogP contribution in [-0.4, -0.2) is 4.98 Å². The summed E-state index contributed by atoms with van der Waals surface area (Å²) in [6, 6.07) is 0.754. The lowest BCUT2D eigenvalue weighted by Gasteiger charge is -2.11. The largest absolute Gasteiger partial charge is 0.418 e. The van der Waals surface area contributed by atoms with Crippen LogP contribution in [0.25, 0.3) is 10.2 Å². The van der Waals surface area contributed by atoms with Crippen molar-refractivity contribution in [3.8, 4) is 0 Å². The predicted octanol–water partition coefficient (Wildman–Crippen LogP) is 4.33. The van der Waals surface area contributed by atoms with Crippen molar-refractivity contribution in [2.45, 2.75) is 12.4 Å². The molecular weight excluding hydrogens is 268 g/mol. The Morgan fingerprint density at radius 3 is 2.12 bits per heavy atom. The second kappa shape index (κ2) is 3.59. The van der Waals surface area contributed by atoms with E-state index in [1.165, 1.54) is 0 Å². The van der Waals surface area contributed by atoms with E-state index in [2.05, 4.69) is 4.98 Å². The molecule has 0 spiro atoms. The molecule has 0 aliphatic rings. The molecular formula is C9H3F6NS. The van der Waals surface area contributed by atoms with Crippen molar-refractivity contribution in [2.75, 3.05) is 0 Å². The summed E-state index contributed by atoms with van der Waals surface area (Å²) < 4.78 is 74.8. The highest BCUT2D eigenvalue weighted by atomic mass is 32.1. The Bertz CT molecular complexity index is 553. The molecule has 1 heterocycles. The predicted molar refractivity (Wildman–Crippen MR) is 49.6 cm³/mol. The normalized spacial score (nSPS) is 13.3. The summed E-state index contributed by atoms with van der Waals surface area (Å²) >= 11 is 0.737. The van der Waals surface area contributed by atoms with Crippen molar-refractivity contribution in [1.82, 2.24) is 4.98 Å². The van der Waals surface area contributed by atoms with Gasteiger partial charge in [-0.15, -0.1) is 11.3 Å². The first-order valence-corrected chi connectivity index (χ1v) is 5.09. The van der Waals surface area contributed by atoms with E-state index in [0.29, 0.717) is 6.07 Å². The van der Waals surface area contributed by atoms with Crippen LogP contribution in [0.2, 0.25) is 0 Å². The minimum absolute atomic E-state index is 0.0854. The minimum Gasteiger partial charge on any atom is -0.244 e. The zero-order valence-electron chi connectivity index (χ0n) is 7.86. The molecule has 0 saturated heterocycles. The number of thiazole rings is 1. The van der Waals surface area contributed by atoms with Crippen LogP contribution in [-0.2, 0) is 12.4 Å². The maximum absolute atomic E-state index is 12.6. The second-order valence-electron chi connectivity index (χ2n) is 3.22. The van der Waals surface area contributed by atoms with E-state index in [9.17, 15) is 26.3 Å². The first-order chi connectivity index (χ1) is 7.69. The number of nitrogens with zero attached hydrogens (tertiary/aromatic N) is 1. The van der Waals surface area contributed by atoms with Gasteiger partial charge in [-0.1, -0.05) is 0 Å². The zero-order valence-corrected chi connectivity index (χ0v) is 8.67. The first kappa shape index (κ1) is 12.2. The van der Waals surface area contributed by atoms with E-state index in [0.717, 1.165) is 16.8 Å². The molecule has 1 aromatic carbocycles. The van der Waals surface area contributed by atoms with Gasteiger partial charge in [0, 0.05) is 0 Å². The second-order valence-corrected chi connectivity index (χ2v) is 4.10. The van der Waals surface area contributed by atoms with Crippen LogP contribution < -0.4 is 0 Å². The SMILES string of the molecule is FC(F)(F)c1cc(C(F)(F)F)c2ncsc2c1. The highest BCUT2D eigenvalue weighted by molar-refractivity contribution is 7.16. The molecule has 2 aromatic rings. The van der Waals surface area contributed by atoms with Gasteiger partial charge in [-0.3, -0.25) is 0 Å². The molecule has 92 valence electrons. The topological polar surface area (TPSA) is 12.9 Å². The van der Waals surface area contributed by atoms with Crippen LogP contribution in [0.15, 0.2) is 17.6 Å². The maximum atomic E-state index is 12.6. The van der Waals surface area contributed by atoms with Gasteiger partial charge in [0.2, 0.25) is 0 Å². The van der Waals surface area contributed by atoms with Crippen LogP contribution in [0.3, 0.4) is 0 Å². The third kappa shape index (κ3) is 2.21. The Morgan fingerprint density at radius 1 is 0.941 bits per heavy atom. The Balaban J connectivity index is 2.76. The van der Waals surface area contributed by atoms with Gasteiger partial charge in [0.25, 0.3) is 0 Å². The number of hydrogen-bond donors (Lipinski definition) is 0. The number of rotatable bonds is 0. The van der Waals surface area contributed by atoms with Crippen LogP contribution in [0.5, 0.6) is 0 Å². The van der Waals surface area contributed by atoms with Gasteiger partial charge in [0.05, 0.1) is 26.9 Å². The van der Waals surface area contributed by atoms with Crippen LogP contribution in [0, 0.1) is 0 Å². The fraction of sp³-hybridized carbons (Fsp3) is 0.222. The van der Waals surface area contributed by atoms with Crippen molar-refractivity contribution >= 4 is 21.6 Å². The fourth-order valence-electron chi connectivity index (χ4n) is 1.35. The van der Waals surface area contributed by atoms with E-state index < -0.39 is 29.0 Å². The molecule has 17 heavy (non-hydrogen) atoms.